The fourth-order valence-corrected chi connectivity index (χ4v) is 4.09. The highest BCUT2D eigenvalue weighted by molar-refractivity contribution is 7.88. The van der Waals surface area contributed by atoms with Crippen molar-refractivity contribution in [2.75, 3.05) is 19.4 Å². The van der Waals surface area contributed by atoms with E-state index in [0.717, 1.165) is 16.7 Å². The smallest absolute Gasteiger partial charge is 0.209 e. The number of hydrogen-bond acceptors (Lipinski definition) is 4. The molecule has 0 aliphatic rings. The van der Waals surface area contributed by atoms with E-state index in [1.165, 1.54) is 6.26 Å². The van der Waals surface area contributed by atoms with Gasteiger partial charge in [-0.05, 0) is 16.7 Å². The summed E-state index contributed by atoms with van der Waals surface area (Å²) in [5.74, 6) is 0. The molecule has 0 amide bonds. The van der Waals surface area contributed by atoms with E-state index in [0.29, 0.717) is 19.8 Å². The van der Waals surface area contributed by atoms with E-state index < -0.39 is 16.1 Å². The molecule has 0 bridgehead atoms. The molecule has 2 atom stereocenters. The molecule has 0 saturated heterocycles. The SMILES string of the molecule is CS(=O)(=O)N[C@H](c1ccccc1)[C@H](NCCOCc1ccccc1)c1ccccc1. The van der Waals surface area contributed by atoms with Gasteiger partial charge in [-0.1, -0.05) is 91.0 Å². The first kappa shape index (κ1) is 22.2. The Morgan fingerprint density at radius 3 is 1.80 bits per heavy atom. The molecule has 3 aromatic carbocycles. The normalized spacial score (nSPS) is 13.6. The summed E-state index contributed by atoms with van der Waals surface area (Å²) in [5.41, 5.74) is 3.03. The lowest BCUT2D eigenvalue weighted by atomic mass is 9.94. The summed E-state index contributed by atoms with van der Waals surface area (Å²) in [6.45, 7) is 1.64. The molecule has 0 aliphatic carbocycles. The maximum absolute atomic E-state index is 12.1. The second kappa shape index (κ2) is 11.0. The standard InChI is InChI=1S/C24H28N2O3S/c1-30(27,28)26-24(22-15-9-4-10-16-22)23(21-13-7-3-8-14-21)25-17-18-29-19-20-11-5-2-6-12-20/h2-16,23-26H,17-19H2,1H3/t23-,24-/m1/s1. The molecule has 0 unspecified atom stereocenters. The van der Waals surface area contributed by atoms with Gasteiger partial charge < -0.3 is 10.1 Å². The van der Waals surface area contributed by atoms with Gasteiger partial charge in [-0.3, -0.25) is 0 Å². The predicted molar refractivity (Wildman–Crippen MR) is 120 cm³/mol. The van der Waals surface area contributed by atoms with Crippen LogP contribution in [0.4, 0.5) is 0 Å². The molecular formula is C24H28N2O3S. The van der Waals surface area contributed by atoms with Gasteiger partial charge in [0.15, 0.2) is 0 Å². The lowest BCUT2D eigenvalue weighted by Crippen LogP contribution is -2.39. The second-order valence-electron chi connectivity index (χ2n) is 7.16. The number of rotatable bonds is 11. The zero-order valence-corrected chi connectivity index (χ0v) is 17.9. The molecule has 0 fully saturated rings. The fourth-order valence-electron chi connectivity index (χ4n) is 3.36. The lowest BCUT2D eigenvalue weighted by molar-refractivity contribution is 0.119. The van der Waals surface area contributed by atoms with Crippen molar-refractivity contribution in [3.8, 4) is 0 Å². The minimum Gasteiger partial charge on any atom is -0.375 e. The minimum absolute atomic E-state index is 0.247. The van der Waals surface area contributed by atoms with E-state index in [4.69, 9.17) is 4.74 Å². The summed E-state index contributed by atoms with van der Waals surface area (Å²) in [4.78, 5) is 0. The second-order valence-corrected chi connectivity index (χ2v) is 8.94. The summed E-state index contributed by atoms with van der Waals surface area (Å²) < 4.78 is 32.8. The van der Waals surface area contributed by atoms with Gasteiger partial charge >= 0.3 is 0 Å². The Morgan fingerprint density at radius 2 is 1.27 bits per heavy atom. The Balaban J connectivity index is 1.73. The van der Waals surface area contributed by atoms with E-state index in [1.54, 1.807) is 0 Å². The van der Waals surface area contributed by atoms with Gasteiger partial charge in [-0.2, -0.15) is 0 Å². The van der Waals surface area contributed by atoms with Gasteiger partial charge in [0.2, 0.25) is 10.0 Å². The van der Waals surface area contributed by atoms with Crippen LogP contribution in [-0.2, 0) is 21.4 Å². The highest BCUT2D eigenvalue weighted by Gasteiger charge is 2.27. The number of ether oxygens (including phenoxy) is 1. The number of hydrogen-bond donors (Lipinski definition) is 2. The third-order valence-electron chi connectivity index (χ3n) is 4.71. The van der Waals surface area contributed by atoms with Crippen molar-refractivity contribution in [3.63, 3.8) is 0 Å². The number of sulfonamides is 1. The highest BCUT2D eigenvalue weighted by atomic mass is 32.2. The molecule has 30 heavy (non-hydrogen) atoms. The summed E-state index contributed by atoms with van der Waals surface area (Å²) >= 11 is 0. The zero-order valence-electron chi connectivity index (χ0n) is 17.1. The Morgan fingerprint density at radius 1 is 0.767 bits per heavy atom. The molecule has 0 aliphatic heterocycles. The van der Waals surface area contributed by atoms with Crippen LogP contribution in [-0.4, -0.2) is 27.8 Å². The van der Waals surface area contributed by atoms with Gasteiger partial charge in [-0.15, -0.1) is 0 Å². The van der Waals surface area contributed by atoms with Crippen LogP contribution < -0.4 is 10.0 Å². The van der Waals surface area contributed by atoms with Crippen LogP contribution in [0.3, 0.4) is 0 Å². The minimum atomic E-state index is -3.42. The molecule has 158 valence electrons. The van der Waals surface area contributed by atoms with E-state index in [1.807, 2.05) is 91.0 Å². The van der Waals surface area contributed by atoms with Crippen molar-refractivity contribution in [2.24, 2.45) is 0 Å². The zero-order chi connectivity index (χ0) is 21.2. The summed E-state index contributed by atoms with van der Waals surface area (Å²) in [6, 6.07) is 28.8. The summed E-state index contributed by atoms with van der Waals surface area (Å²) in [6.07, 6.45) is 1.19. The Hall–Kier alpha value is -2.51. The van der Waals surface area contributed by atoms with Crippen molar-refractivity contribution in [2.45, 2.75) is 18.7 Å². The lowest BCUT2D eigenvalue weighted by Gasteiger charge is -2.29. The summed E-state index contributed by atoms with van der Waals surface area (Å²) in [7, 11) is -3.42. The first-order chi connectivity index (χ1) is 14.5. The topological polar surface area (TPSA) is 67.4 Å². The monoisotopic (exact) mass is 424 g/mol. The van der Waals surface area contributed by atoms with Crippen LogP contribution >= 0.6 is 0 Å². The molecular weight excluding hydrogens is 396 g/mol. The molecule has 6 heteroatoms. The Bertz CT molecular complexity index is 981. The number of nitrogens with one attached hydrogen (secondary N) is 2. The highest BCUT2D eigenvalue weighted by Crippen LogP contribution is 2.29. The van der Waals surface area contributed by atoms with E-state index in [-0.39, 0.29) is 6.04 Å². The van der Waals surface area contributed by atoms with Crippen LogP contribution in [0.25, 0.3) is 0 Å². The third kappa shape index (κ3) is 7.07. The van der Waals surface area contributed by atoms with Crippen molar-refractivity contribution in [1.82, 2.24) is 10.0 Å². The average Bonchev–Trinajstić information content (AvgIpc) is 2.76. The van der Waals surface area contributed by atoms with Crippen LogP contribution in [0, 0.1) is 0 Å². The average molecular weight is 425 g/mol. The molecule has 0 spiro atoms. The van der Waals surface area contributed by atoms with Crippen LogP contribution in [0.2, 0.25) is 0 Å². The molecule has 3 aromatic rings. The quantitative estimate of drug-likeness (QED) is 0.459. The van der Waals surface area contributed by atoms with E-state index >= 15 is 0 Å². The van der Waals surface area contributed by atoms with Crippen molar-refractivity contribution in [1.29, 1.82) is 0 Å². The molecule has 0 saturated carbocycles. The molecule has 0 aromatic heterocycles. The van der Waals surface area contributed by atoms with Crippen molar-refractivity contribution in [3.05, 3.63) is 108 Å². The van der Waals surface area contributed by atoms with Gasteiger partial charge in [-0.25, -0.2) is 13.1 Å². The van der Waals surface area contributed by atoms with Crippen LogP contribution in [0.1, 0.15) is 28.8 Å². The predicted octanol–water partition coefficient (Wildman–Crippen LogP) is 3.82. The van der Waals surface area contributed by atoms with Gasteiger partial charge in [0.1, 0.15) is 0 Å². The van der Waals surface area contributed by atoms with E-state index in [9.17, 15) is 8.42 Å². The first-order valence-corrected chi connectivity index (χ1v) is 11.8. The Kier molecular flexibility index (Phi) is 8.16. The van der Waals surface area contributed by atoms with Crippen molar-refractivity contribution >= 4 is 10.0 Å². The van der Waals surface area contributed by atoms with Gasteiger partial charge in [0, 0.05) is 6.54 Å². The summed E-state index contributed by atoms with van der Waals surface area (Å²) in [5, 5.41) is 3.49. The largest absolute Gasteiger partial charge is 0.375 e. The van der Waals surface area contributed by atoms with Crippen LogP contribution in [0.5, 0.6) is 0 Å². The van der Waals surface area contributed by atoms with Crippen LogP contribution in [0.15, 0.2) is 91.0 Å². The molecule has 0 radical (unpaired) electrons. The first-order valence-electron chi connectivity index (χ1n) is 9.95. The maximum atomic E-state index is 12.1. The van der Waals surface area contributed by atoms with E-state index in [2.05, 4.69) is 10.0 Å². The maximum Gasteiger partial charge on any atom is 0.209 e. The van der Waals surface area contributed by atoms with Gasteiger partial charge in [0.05, 0.1) is 31.6 Å². The van der Waals surface area contributed by atoms with Gasteiger partial charge in [0.25, 0.3) is 0 Å². The molecule has 2 N–H and O–H groups in total. The van der Waals surface area contributed by atoms with Crippen molar-refractivity contribution < 1.29 is 13.2 Å². The Labute approximate surface area is 179 Å². The molecule has 3 rings (SSSR count). The number of benzene rings is 3. The molecule has 0 heterocycles. The molecule has 5 nitrogen and oxygen atoms in total. The third-order valence-corrected chi connectivity index (χ3v) is 5.40. The fraction of sp³-hybridized carbons (Fsp3) is 0.250.